The van der Waals surface area contributed by atoms with Crippen LogP contribution in [0.25, 0.3) is 0 Å². The summed E-state index contributed by atoms with van der Waals surface area (Å²) in [6.07, 6.45) is -2.97. The standard InChI is InChI=1S/C23H27F3N6O4/c1-22-9-15(12-36-22)32(13-22)19-8-20(35)30-6-4-17(23(24,25)26)31(21(30)29-19)11-16(34)14-2-3-18(28-10-14)27-5-7-33/h2-3,8,10,15,17,33H,4-7,9,11-13H2,1H3,(H,27,28)/t15-,17-,22-/m0/s1. The van der Waals surface area contributed by atoms with Gasteiger partial charge in [0.05, 0.1) is 31.4 Å². The molecule has 2 fully saturated rings. The Labute approximate surface area is 204 Å². The number of ketones is 1. The van der Waals surface area contributed by atoms with E-state index in [9.17, 15) is 22.8 Å². The molecule has 0 unspecified atom stereocenters. The molecule has 2 aromatic heterocycles. The topological polar surface area (TPSA) is 113 Å². The molecular weight excluding hydrogens is 481 g/mol. The molecule has 0 aromatic carbocycles. The van der Waals surface area contributed by atoms with Crippen LogP contribution in [0.4, 0.5) is 30.8 Å². The summed E-state index contributed by atoms with van der Waals surface area (Å²) in [5.41, 5.74) is -0.709. The first kappa shape index (κ1) is 24.5. The van der Waals surface area contributed by atoms with Gasteiger partial charge in [-0.2, -0.15) is 18.2 Å². The van der Waals surface area contributed by atoms with Gasteiger partial charge in [0.15, 0.2) is 5.78 Å². The minimum atomic E-state index is -4.62. The summed E-state index contributed by atoms with van der Waals surface area (Å²) in [6, 6.07) is 2.35. The molecule has 0 amide bonds. The van der Waals surface area contributed by atoms with Crippen molar-refractivity contribution in [3.63, 3.8) is 0 Å². The zero-order chi connectivity index (χ0) is 25.7. The van der Waals surface area contributed by atoms with E-state index < -0.39 is 30.1 Å². The Kier molecular flexibility index (Phi) is 6.15. The zero-order valence-corrected chi connectivity index (χ0v) is 19.7. The van der Waals surface area contributed by atoms with Crippen LogP contribution < -0.4 is 20.7 Å². The second kappa shape index (κ2) is 9.04. The average Bonchev–Trinajstić information content (AvgIpc) is 3.38. The molecule has 194 valence electrons. The van der Waals surface area contributed by atoms with Gasteiger partial charge in [-0.15, -0.1) is 0 Å². The molecule has 10 nitrogen and oxygen atoms in total. The number of Topliss-reactive ketones (excluding diaryl/α,β-unsaturated/α-hetero) is 1. The van der Waals surface area contributed by atoms with E-state index in [2.05, 4.69) is 15.3 Å². The highest BCUT2D eigenvalue weighted by atomic mass is 19.4. The Hall–Kier alpha value is -3.19. The third-order valence-electron chi connectivity index (χ3n) is 6.96. The number of alkyl halides is 3. The van der Waals surface area contributed by atoms with E-state index in [1.165, 1.54) is 29.0 Å². The summed E-state index contributed by atoms with van der Waals surface area (Å²) >= 11 is 0. The number of carbonyl (C=O) groups excluding carboxylic acids is 1. The molecule has 5 rings (SSSR count). The Morgan fingerprint density at radius 1 is 1.36 bits per heavy atom. The van der Waals surface area contributed by atoms with Crippen molar-refractivity contribution in [2.24, 2.45) is 0 Å². The normalized spacial score (nSPS) is 25.2. The van der Waals surface area contributed by atoms with Crippen molar-refractivity contribution >= 4 is 23.4 Å². The van der Waals surface area contributed by atoms with E-state index in [0.717, 1.165) is 11.3 Å². The lowest BCUT2D eigenvalue weighted by atomic mass is 10.1. The van der Waals surface area contributed by atoms with Crippen LogP contribution in [0.2, 0.25) is 0 Å². The molecule has 2 aromatic rings. The number of morpholine rings is 1. The van der Waals surface area contributed by atoms with Gasteiger partial charge in [-0.25, -0.2) is 4.98 Å². The lowest BCUT2D eigenvalue weighted by Crippen LogP contribution is -2.54. The monoisotopic (exact) mass is 508 g/mol. The Balaban J connectivity index is 1.47. The van der Waals surface area contributed by atoms with Crippen LogP contribution in [0.15, 0.2) is 29.2 Å². The van der Waals surface area contributed by atoms with E-state index in [4.69, 9.17) is 9.84 Å². The maximum atomic E-state index is 14.0. The van der Waals surface area contributed by atoms with E-state index in [1.54, 1.807) is 0 Å². The summed E-state index contributed by atoms with van der Waals surface area (Å²) in [6.45, 7) is 2.31. The molecule has 0 aliphatic carbocycles. The van der Waals surface area contributed by atoms with Gasteiger partial charge in [0.1, 0.15) is 17.7 Å². The molecule has 0 spiro atoms. The molecule has 2 bridgehead atoms. The number of rotatable bonds is 7. The first-order valence-corrected chi connectivity index (χ1v) is 11.8. The lowest BCUT2D eigenvalue weighted by Gasteiger charge is -2.39. The lowest BCUT2D eigenvalue weighted by molar-refractivity contribution is -0.152. The van der Waals surface area contributed by atoms with Crippen LogP contribution in [0.5, 0.6) is 0 Å². The predicted molar refractivity (Wildman–Crippen MR) is 125 cm³/mol. The van der Waals surface area contributed by atoms with E-state index in [0.29, 0.717) is 24.8 Å². The van der Waals surface area contributed by atoms with Crippen LogP contribution in [0.3, 0.4) is 0 Å². The highest BCUT2D eigenvalue weighted by Gasteiger charge is 2.50. The van der Waals surface area contributed by atoms with Crippen LogP contribution in [-0.2, 0) is 11.3 Å². The summed E-state index contributed by atoms with van der Waals surface area (Å²) in [7, 11) is 0. The molecule has 5 heterocycles. The molecular formula is C23H27F3N6O4. The Morgan fingerprint density at radius 3 is 2.78 bits per heavy atom. The fraction of sp³-hybridized carbons (Fsp3) is 0.565. The van der Waals surface area contributed by atoms with Crippen LogP contribution in [0.1, 0.15) is 30.1 Å². The van der Waals surface area contributed by atoms with Gasteiger partial charge in [0.2, 0.25) is 5.95 Å². The molecule has 13 heteroatoms. The Bertz CT molecular complexity index is 1200. The van der Waals surface area contributed by atoms with Crippen LogP contribution in [0, 0.1) is 0 Å². The number of aliphatic hydroxyl groups is 1. The zero-order valence-electron chi connectivity index (χ0n) is 19.7. The SMILES string of the molecule is C[C@@]12C[C@@H](CO1)N(c1cc(=O)n3c(n1)N(CC(=O)c1ccc(NCCO)nc1)[C@H](C(F)(F)F)CC3)C2. The number of nitrogens with zero attached hydrogens (tertiary/aromatic N) is 5. The van der Waals surface area contributed by atoms with Gasteiger partial charge in [-0.3, -0.25) is 14.2 Å². The van der Waals surface area contributed by atoms with Crippen LogP contribution >= 0.6 is 0 Å². The maximum Gasteiger partial charge on any atom is 0.408 e. The number of pyridine rings is 1. The number of anilines is 3. The first-order chi connectivity index (χ1) is 17.1. The second-order valence-corrected chi connectivity index (χ2v) is 9.63. The molecule has 0 saturated carbocycles. The molecule has 3 aliphatic rings. The van der Waals surface area contributed by atoms with Gasteiger partial charge >= 0.3 is 6.18 Å². The predicted octanol–water partition coefficient (Wildman–Crippen LogP) is 1.43. The molecule has 36 heavy (non-hydrogen) atoms. The number of nitrogens with one attached hydrogen (secondary N) is 1. The average molecular weight is 509 g/mol. The van der Waals surface area contributed by atoms with Crippen molar-refractivity contribution < 1.29 is 27.8 Å². The summed E-state index contributed by atoms with van der Waals surface area (Å²) < 4.78 is 49.1. The highest BCUT2D eigenvalue weighted by Crippen LogP contribution is 2.40. The fourth-order valence-corrected chi connectivity index (χ4v) is 5.20. The quantitative estimate of drug-likeness (QED) is 0.537. The third-order valence-corrected chi connectivity index (χ3v) is 6.96. The van der Waals surface area contributed by atoms with E-state index in [1.807, 2.05) is 11.8 Å². The van der Waals surface area contributed by atoms with Gasteiger partial charge in [-0.1, -0.05) is 0 Å². The van der Waals surface area contributed by atoms with Gasteiger partial charge < -0.3 is 25.0 Å². The van der Waals surface area contributed by atoms with E-state index >= 15 is 0 Å². The number of fused-ring (bicyclic) bond motifs is 3. The Morgan fingerprint density at radius 2 is 2.17 bits per heavy atom. The van der Waals surface area contributed by atoms with Crippen molar-refractivity contribution in [2.45, 2.75) is 50.2 Å². The van der Waals surface area contributed by atoms with E-state index in [-0.39, 0.29) is 49.3 Å². The number of hydrogen-bond acceptors (Lipinski definition) is 9. The summed E-state index contributed by atoms with van der Waals surface area (Å²) in [4.78, 5) is 37.4. The number of carbonyl (C=O) groups is 1. The first-order valence-electron chi connectivity index (χ1n) is 11.8. The highest BCUT2D eigenvalue weighted by molar-refractivity contribution is 5.99. The van der Waals surface area contributed by atoms with Crippen molar-refractivity contribution in [3.05, 3.63) is 40.3 Å². The minimum absolute atomic E-state index is 0.00827. The number of halogens is 3. The third kappa shape index (κ3) is 4.52. The molecule has 3 aliphatic heterocycles. The molecule has 3 atom stereocenters. The fourth-order valence-electron chi connectivity index (χ4n) is 5.20. The number of ether oxygens (including phenoxy) is 1. The van der Waals surface area contributed by atoms with Crippen LogP contribution in [-0.4, -0.2) is 82.1 Å². The van der Waals surface area contributed by atoms with Gasteiger partial charge in [0, 0.05) is 43.9 Å². The second-order valence-electron chi connectivity index (χ2n) is 9.63. The summed E-state index contributed by atoms with van der Waals surface area (Å²) in [5.74, 6) is -0.0285. The van der Waals surface area contributed by atoms with Crippen molar-refractivity contribution in [3.8, 4) is 0 Å². The molecule has 2 saturated heterocycles. The largest absolute Gasteiger partial charge is 0.408 e. The van der Waals surface area contributed by atoms with Crippen molar-refractivity contribution in [1.29, 1.82) is 0 Å². The maximum absolute atomic E-state index is 14.0. The van der Waals surface area contributed by atoms with Gasteiger partial charge in [0.25, 0.3) is 5.56 Å². The van der Waals surface area contributed by atoms with Gasteiger partial charge in [-0.05, 0) is 25.5 Å². The number of aromatic nitrogens is 3. The molecule has 2 N–H and O–H groups in total. The molecule has 0 radical (unpaired) electrons. The van der Waals surface area contributed by atoms with Crippen molar-refractivity contribution in [2.75, 3.05) is 48.0 Å². The minimum Gasteiger partial charge on any atom is -0.395 e. The number of aliphatic hydroxyl groups excluding tert-OH is 1. The van der Waals surface area contributed by atoms with Crippen molar-refractivity contribution in [1.82, 2.24) is 14.5 Å². The number of hydrogen-bond donors (Lipinski definition) is 2. The summed E-state index contributed by atoms with van der Waals surface area (Å²) in [5, 5.41) is 11.7. The smallest absolute Gasteiger partial charge is 0.395 e.